The summed E-state index contributed by atoms with van der Waals surface area (Å²) in [7, 11) is 0. The van der Waals surface area contributed by atoms with Crippen LogP contribution in [0.15, 0.2) is 271 Å². The lowest BCUT2D eigenvalue weighted by Gasteiger charge is -2.40. The molecule has 0 aliphatic carbocycles. The molecule has 0 spiro atoms. The Morgan fingerprint density at radius 1 is 0.375 bits per heavy atom. The van der Waals surface area contributed by atoms with Gasteiger partial charge in [0.05, 0.1) is 34.3 Å². The van der Waals surface area contributed by atoms with Crippen LogP contribution in [-0.4, -0.2) is 42.4 Å². The molecule has 8 bridgehead atoms. The van der Waals surface area contributed by atoms with Crippen molar-refractivity contribution in [3.05, 3.63) is 294 Å². The largest absolute Gasteiger partial charge is 0.377 e. The van der Waals surface area contributed by atoms with E-state index in [1.165, 1.54) is 0 Å². The Balaban J connectivity index is 1.05. The Hall–Kier alpha value is -9.66. The van der Waals surface area contributed by atoms with Gasteiger partial charge in [-0.15, -0.1) is 0 Å². The second-order valence-corrected chi connectivity index (χ2v) is 18.1. The molecule has 0 fully saturated rings. The van der Waals surface area contributed by atoms with E-state index in [0.717, 1.165) is 118 Å². The predicted molar refractivity (Wildman–Crippen MR) is 290 cm³/mol. The molecule has 2 N–H and O–H groups in total. The number of allylic oxidation sites excluding steroid dienone is 6. The molecule has 0 saturated heterocycles. The van der Waals surface area contributed by atoms with Crippen molar-refractivity contribution in [2.45, 2.75) is 11.5 Å². The first-order valence-corrected chi connectivity index (χ1v) is 24.1. The summed E-state index contributed by atoms with van der Waals surface area (Å²) in [5, 5.41) is 4.15. The van der Waals surface area contributed by atoms with E-state index in [0.29, 0.717) is 0 Å². The van der Waals surface area contributed by atoms with Gasteiger partial charge in [-0.25, -0.2) is 4.99 Å². The van der Waals surface area contributed by atoms with E-state index >= 15 is 0 Å². The van der Waals surface area contributed by atoms with Crippen molar-refractivity contribution in [2.24, 2.45) is 9.98 Å². The van der Waals surface area contributed by atoms with Crippen molar-refractivity contribution in [2.75, 3.05) is 0 Å². The van der Waals surface area contributed by atoms with Gasteiger partial charge in [0.25, 0.3) is 0 Å². The average Bonchev–Trinajstić information content (AvgIpc) is 4.32. The number of aromatic nitrogens is 5. The molecule has 13 rings (SSSR count). The molecule has 4 aromatic carbocycles. The SMILES string of the molecule is C1=C/C2=C/c3ccc([nH]3)/C(c3ccc(-c4ccncc4)cc3)=C3/C=CC(=N3)C(c3ccc(-c4ccncc4)cc3)(c3ccc(-c4ccncc4)cc3)C3C=C/C(=C(\c4ccc(-c5ccncc5)cc4)C1=N2)N3. The third-order valence-electron chi connectivity index (χ3n) is 14.1. The number of H-pyrrole nitrogens is 1. The Labute approximate surface area is 417 Å². The van der Waals surface area contributed by atoms with E-state index in [-0.39, 0.29) is 6.04 Å². The van der Waals surface area contributed by atoms with E-state index in [1.807, 2.05) is 73.8 Å². The summed E-state index contributed by atoms with van der Waals surface area (Å²) in [6, 6.07) is 55.8. The number of nitrogens with one attached hydrogen (secondary N) is 2. The molecule has 1 unspecified atom stereocenters. The molecule has 9 heterocycles. The minimum atomic E-state index is -0.868. The highest BCUT2D eigenvalue weighted by Crippen LogP contribution is 2.46. The highest BCUT2D eigenvalue weighted by molar-refractivity contribution is 6.32. The molecule has 9 aromatic rings. The molecule has 0 amide bonds. The van der Waals surface area contributed by atoms with Gasteiger partial charge in [-0.3, -0.25) is 24.9 Å². The van der Waals surface area contributed by atoms with Crippen LogP contribution in [0.2, 0.25) is 0 Å². The zero-order valence-electron chi connectivity index (χ0n) is 38.9. The molecule has 1 atom stereocenters. The third-order valence-corrected chi connectivity index (χ3v) is 14.1. The molecule has 4 aliphatic heterocycles. The topological polar surface area (TPSA) is 104 Å². The van der Waals surface area contributed by atoms with Gasteiger partial charge >= 0.3 is 0 Å². The highest BCUT2D eigenvalue weighted by atomic mass is 15.0. The molecule has 340 valence electrons. The van der Waals surface area contributed by atoms with E-state index in [9.17, 15) is 0 Å². The molecule has 8 heteroatoms. The zero-order chi connectivity index (χ0) is 47.8. The van der Waals surface area contributed by atoms with Gasteiger partial charge < -0.3 is 10.3 Å². The number of pyridine rings is 4. The van der Waals surface area contributed by atoms with E-state index in [4.69, 9.17) is 9.98 Å². The van der Waals surface area contributed by atoms with Gasteiger partial charge in [-0.05, 0) is 164 Å². The minimum absolute atomic E-state index is 0.311. The number of nitrogens with zero attached hydrogens (tertiary/aromatic N) is 6. The van der Waals surface area contributed by atoms with Crippen LogP contribution in [-0.2, 0) is 5.41 Å². The smallest absolute Gasteiger partial charge is 0.0861 e. The van der Waals surface area contributed by atoms with Gasteiger partial charge in [0.2, 0.25) is 0 Å². The standard InChI is InChI=1S/C64H44N8/c1-5-50(6-2-42(1)46-25-33-65-34-26-46)62-56-19-17-54(69-56)41-55-18-20-57(70-55)63(51-7-3-43(4-8-51)47-27-35-66-36-28-47)59-22-24-61(72-59)64(60-23-21-58(62)71-60,52-13-9-44(10-14-52)48-29-37-67-38-30-48)53-15-11-45(12-16-53)49-31-39-68-40-32-49/h1-41,60,70-71H/b54-41-,62-58-,63-59-. The van der Waals surface area contributed by atoms with Crippen molar-refractivity contribution in [1.29, 1.82) is 0 Å². The summed E-state index contributed by atoms with van der Waals surface area (Å²) >= 11 is 0. The first-order chi connectivity index (χ1) is 35.6. The minimum Gasteiger partial charge on any atom is -0.377 e. The number of hydrogen-bond acceptors (Lipinski definition) is 7. The number of benzene rings is 4. The molecule has 8 nitrogen and oxygen atoms in total. The molecule has 0 saturated carbocycles. The first kappa shape index (κ1) is 42.4. The van der Waals surface area contributed by atoms with Crippen molar-refractivity contribution < 1.29 is 0 Å². The number of rotatable bonds is 8. The van der Waals surface area contributed by atoms with Gasteiger partial charge in [-0.1, -0.05) is 103 Å². The van der Waals surface area contributed by atoms with Crippen LogP contribution >= 0.6 is 0 Å². The molecule has 0 radical (unpaired) electrons. The molecular formula is C64H44N8. The fraction of sp³-hybridized carbons (Fsp3) is 0.0312. The van der Waals surface area contributed by atoms with Crippen molar-refractivity contribution in [3.8, 4) is 44.5 Å². The van der Waals surface area contributed by atoms with Gasteiger partial charge in [-0.2, -0.15) is 0 Å². The lowest BCUT2D eigenvalue weighted by Crippen LogP contribution is -2.51. The van der Waals surface area contributed by atoms with E-state index in [2.05, 4.69) is 206 Å². The highest BCUT2D eigenvalue weighted by Gasteiger charge is 2.48. The zero-order valence-corrected chi connectivity index (χ0v) is 38.9. The van der Waals surface area contributed by atoms with Crippen LogP contribution in [0.5, 0.6) is 0 Å². The maximum atomic E-state index is 5.83. The normalized spacial score (nSPS) is 19.1. The fourth-order valence-corrected chi connectivity index (χ4v) is 10.5. The Morgan fingerprint density at radius 2 is 0.819 bits per heavy atom. The molecule has 72 heavy (non-hydrogen) atoms. The van der Waals surface area contributed by atoms with Crippen molar-refractivity contribution >= 4 is 28.6 Å². The van der Waals surface area contributed by atoms with Crippen LogP contribution in [0.3, 0.4) is 0 Å². The Kier molecular flexibility index (Phi) is 10.6. The van der Waals surface area contributed by atoms with Gasteiger partial charge in [0.1, 0.15) is 0 Å². The summed E-state index contributed by atoms with van der Waals surface area (Å²) in [6.07, 6.45) is 30.0. The van der Waals surface area contributed by atoms with Crippen LogP contribution in [0.1, 0.15) is 33.6 Å². The fourth-order valence-electron chi connectivity index (χ4n) is 10.5. The number of hydrogen-bond donors (Lipinski definition) is 2. The maximum Gasteiger partial charge on any atom is 0.0861 e. The van der Waals surface area contributed by atoms with Crippen LogP contribution in [0, 0.1) is 0 Å². The summed E-state index contributed by atoms with van der Waals surface area (Å²) < 4.78 is 0. The summed E-state index contributed by atoms with van der Waals surface area (Å²) in [5.74, 6) is 0. The lowest BCUT2D eigenvalue weighted by molar-refractivity contribution is 0.548. The number of aromatic amines is 1. The van der Waals surface area contributed by atoms with E-state index in [1.54, 1.807) is 0 Å². The van der Waals surface area contributed by atoms with Crippen LogP contribution in [0.4, 0.5) is 0 Å². The Morgan fingerprint density at radius 3 is 1.32 bits per heavy atom. The molecule has 5 aromatic heterocycles. The van der Waals surface area contributed by atoms with Crippen molar-refractivity contribution in [1.82, 2.24) is 30.2 Å². The quantitative estimate of drug-likeness (QED) is 0.158. The average molecular weight is 925 g/mol. The van der Waals surface area contributed by atoms with Crippen molar-refractivity contribution in [3.63, 3.8) is 0 Å². The lowest BCUT2D eigenvalue weighted by atomic mass is 9.65. The molecular weight excluding hydrogens is 881 g/mol. The van der Waals surface area contributed by atoms with Gasteiger partial charge in [0.15, 0.2) is 0 Å². The predicted octanol–water partition coefficient (Wildman–Crippen LogP) is 13.3. The monoisotopic (exact) mass is 924 g/mol. The number of aliphatic imine (C=N–C) groups is 2. The molecule has 4 aliphatic rings. The number of fused-ring (bicyclic) bond motifs is 6. The maximum absolute atomic E-state index is 5.83. The summed E-state index contributed by atoms with van der Waals surface area (Å²) in [4.78, 5) is 32.1. The summed E-state index contributed by atoms with van der Waals surface area (Å²) in [6.45, 7) is 0. The first-order valence-electron chi connectivity index (χ1n) is 24.1. The second kappa shape index (κ2) is 18.0. The Bertz CT molecular complexity index is 3670. The van der Waals surface area contributed by atoms with Crippen LogP contribution in [0.25, 0.3) is 61.7 Å². The van der Waals surface area contributed by atoms with E-state index < -0.39 is 5.41 Å². The second-order valence-electron chi connectivity index (χ2n) is 18.1. The summed E-state index contributed by atoms with van der Waals surface area (Å²) in [5.41, 5.74) is 20.6. The third kappa shape index (κ3) is 7.68. The van der Waals surface area contributed by atoms with Gasteiger partial charge in [0, 0.05) is 77.8 Å². The van der Waals surface area contributed by atoms with Crippen LogP contribution < -0.4 is 5.32 Å².